The molecule has 0 aromatic carbocycles. The Kier molecular flexibility index (Phi) is 3.28. The zero-order valence-electron chi connectivity index (χ0n) is 9.54. The lowest BCUT2D eigenvalue weighted by atomic mass is 9.80. The van der Waals surface area contributed by atoms with Crippen molar-refractivity contribution < 1.29 is 4.74 Å². The fourth-order valence-corrected chi connectivity index (χ4v) is 2.89. The van der Waals surface area contributed by atoms with Crippen molar-refractivity contribution in [2.24, 2.45) is 5.92 Å². The number of rotatable bonds is 2. The van der Waals surface area contributed by atoms with Crippen molar-refractivity contribution in [1.29, 1.82) is 5.26 Å². The van der Waals surface area contributed by atoms with Crippen LogP contribution in [-0.2, 0) is 4.74 Å². The highest BCUT2D eigenvalue weighted by molar-refractivity contribution is 5.05. The fraction of sp³-hybridized carbons (Fsp3) is 0.917. The molecule has 3 nitrogen and oxygen atoms in total. The van der Waals surface area contributed by atoms with Crippen LogP contribution in [-0.4, -0.2) is 36.7 Å². The van der Waals surface area contributed by atoms with E-state index in [0.717, 1.165) is 39.0 Å². The minimum absolute atomic E-state index is 0.0843. The van der Waals surface area contributed by atoms with Crippen molar-refractivity contribution in [2.45, 2.75) is 38.2 Å². The molecule has 2 aliphatic heterocycles. The molecule has 2 fully saturated rings. The first-order chi connectivity index (χ1) is 7.30. The highest BCUT2D eigenvalue weighted by Gasteiger charge is 2.46. The van der Waals surface area contributed by atoms with Crippen LogP contribution in [0, 0.1) is 17.2 Å². The average Bonchev–Trinajstić information content (AvgIpc) is 2.65. The molecule has 0 aliphatic carbocycles. The van der Waals surface area contributed by atoms with Gasteiger partial charge in [-0.15, -0.1) is 0 Å². The molecule has 0 amide bonds. The van der Waals surface area contributed by atoms with Crippen LogP contribution < -0.4 is 0 Å². The third kappa shape index (κ3) is 2.02. The Morgan fingerprint density at radius 1 is 1.47 bits per heavy atom. The highest BCUT2D eigenvalue weighted by atomic mass is 16.5. The summed E-state index contributed by atoms with van der Waals surface area (Å²) in [6.45, 7) is 6.39. The second kappa shape index (κ2) is 4.51. The van der Waals surface area contributed by atoms with Gasteiger partial charge >= 0.3 is 0 Å². The van der Waals surface area contributed by atoms with E-state index in [-0.39, 0.29) is 11.5 Å². The molecule has 1 unspecified atom stereocenters. The molecule has 84 valence electrons. The Balaban J connectivity index is 1.94. The standard InChI is InChI=1S/C12H20N2O/c1-2-6-14-7-4-12(5-8-14)11(10-13)3-9-15-12/h11H,2-9H2,1H3. The van der Waals surface area contributed by atoms with Crippen molar-refractivity contribution >= 4 is 0 Å². The summed E-state index contributed by atoms with van der Waals surface area (Å²) in [4.78, 5) is 2.49. The summed E-state index contributed by atoms with van der Waals surface area (Å²) in [5.74, 6) is 0.140. The third-order valence-corrected chi connectivity index (χ3v) is 3.83. The predicted octanol–water partition coefficient (Wildman–Crippen LogP) is 1.79. The summed E-state index contributed by atoms with van der Waals surface area (Å²) < 4.78 is 5.86. The normalized spacial score (nSPS) is 30.5. The van der Waals surface area contributed by atoms with E-state index in [4.69, 9.17) is 10.00 Å². The second-order valence-electron chi connectivity index (χ2n) is 4.73. The second-order valence-corrected chi connectivity index (χ2v) is 4.73. The van der Waals surface area contributed by atoms with Gasteiger partial charge in [0.15, 0.2) is 0 Å². The lowest BCUT2D eigenvalue weighted by Gasteiger charge is -2.40. The van der Waals surface area contributed by atoms with Crippen molar-refractivity contribution in [2.75, 3.05) is 26.2 Å². The largest absolute Gasteiger partial charge is 0.373 e. The Bertz CT molecular complexity index is 251. The van der Waals surface area contributed by atoms with Crippen LogP contribution in [0.1, 0.15) is 32.6 Å². The topological polar surface area (TPSA) is 36.3 Å². The van der Waals surface area contributed by atoms with E-state index in [1.807, 2.05) is 0 Å². The number of ether oxygens (including phenoxy) is 1. The minimum Gasteiger partial charge on any atom is -0.373 e. The van der Waals surface area contributed by atoms with E-state index >= 15 is 0 Å². The Morgan fingerprint density at radius 2 is 2.20 bits per heavy atom. The van der Waals surface area contributed by atoms with E-state index < -0.39 is 0 Å². The first kappa shape index (κ1) is 10.9. The van der Waals surface area contributed by atoms with Crippen LogP contribution >= 0.6 is 0 Å². The van der Waals surface area contributed by atoms with E-state index in [9.17, 15) is 0 Å². The van der Waals surface area contributed by atoms with Crippen LogP contribution in [0.4, 0.5) is 0 Å². The molecular weight excluding hydrogens is 188 g/mol. The summed E-state index contributed by atoms with van der Waals surface area (Å²) in [5, 5.41) is 9.11. The molecular formula is C12H20N2O. The summed E-state index contributed by atoms with van der Waals surface area (Å²) in [7, 11) is 0. The molecule has 15 heavy (non-hydrogen) atoms. The molecule has 0 saturated carbocycles. The monoisotopic (exact) mass is 208 g/mol. The molecule has 0 bridgehead atoms. The molecule has 1 spiro atoms. The zero-order valence-corrected chi connectivity index (χ0v) is 9.54. The van der Waals surface area contributed by atoms with Crippen molar-refractivity contribution in [1.82, 2.24) is 4.90 Å². The number of hydrogen-bond donors (Lipinski definition) is 0. The maximum atomic E-state index is 9.11. The van der Waals surface area contributed by atoms with E-state index in [2.05, 4.69) is 17.9 Å². The molecule has 0 aromatic rings. The fourth-order valence-electron chi connectivity index (χ4n) is 2.89. The first-order valence-electron chi connectivity index (χ1n) is 6.06. The molecule has 0 aromatic heterocycles. The zero-order chi connectivity index (χ0) is 10.7. The van der Waals surface area contributed by atoms with Gasteiger partial charge in [-0.2, -0.15) is 5.26 Å². The molecule has 0 radical (unpaired) electrons. The summed E-state index contributed by atoms with van der Waals surface area (Å²) in [5.41, 5.74) is -0.0843. The van der Waals surface area contributed by atoms with Crippen molar-refractivity contribution in [3.8, 4) is 6.07 Å². The van der Waals surface area contributed by atoms with Gasteiger partial charge in [0.2, 0.25) is 0 Å². The molecule has 1 atom stereocenters. The number of piperidine rings is 1. The van der Waals surface area contributed by atoms with Gasteiger partial charge in [0.25, 0.3) is 0 Å². The maximum Gasteiger partial charge on any atom is 0.0865 e. The predicted molar refractivity (Wildman–Crippen MR) is 58.4 cm³/mol. The summed E-state index contributed by atoms with van der Waals surface area (Å²) in [6.07, 6.45) is 4.25. The Hall–Kier alpha value is -0.590. The van der Waals surface area contributed by atoms with Gasteiger partial charge in [-0.25, -0.2) is 0 Å². The molecule has 0 N–H and O–H groups in total. The molecule has 3 heteroatoms. The minimum atomic E-state index is -0.0843. The van der Waals surface area contributed by atoms with Gasteiger partial charge in [0.1, 0.15) is 0 Å². The summed E-state index contributed by atoms with van der Waals surface area (Å²) in [6, 6.07) is 2.43. The van der Waals surface area contributed by atoms with Crippen LogP contribution in [0.25, 0.3) is 0 Å². The van der Waals surface area contributed by atoms with Gasteiger partial charge in [0, 0.05) is 19.7 Å². The van der Waals surface area contributed by atoms with Gasteiger partial charge in [-0.3, -0.25) is 0 Å². The number of likely N-dealkylation sites (tertiary alicyclic amines) is 1. The van der Waals surface area contributed by atoms with Crippen LogP contribution in [0.2, 0.25) is 0 Å². The van der Waals surface area contributed by atoms with Gasteiger partial charge in [-0.1, -0.05) is 6.92 Å². The molecule has 2 heterocycles. The quantitative estimate of drug-likeness (QED) is 0.694. The van der Waals surface area contributed by atoms with E-state index in [0.29, 0.717) is 0 Å². The SMILES string of the molecule is CCCN1CCC2(CC1)OCCC2C#N. The molecule has 2 saturated heterocycles. The highest BCUT2D eigenvalue weighted by Crippen LogP contribution is 2.40. The third-order valence-electron chi connectivity index (χ3n) is 3.83. The Morgan fingerprint density at radius 3 is 2.80 bits per heavy atom. The molecule has 2 rings (SSSR count). The first-order valence-corrected chi connectivity index (χ1v) is 6.06. The Labute approximate surface area is 92.0 Å². The summed E-state index contributed by atoms with van der Waals surface area (Å²) >= 11 is 0. The lowest BCUT2D eigenvalue weighted by molar-refractivity contribution is -0.0565. The molecule has 2 aliphatic rings. The van der Waals surface area contributed by atoms with Crippen molar-refractivity contribution in [3.63, 3.8) is 0 Å². The van der Waals surface area contributed by atoms with E-state index in [1.54, 1.807) is 0 Å². The number of nitriles is 1. The lowest BCUT2D eigenvalue weighted by Crippen LogP contribution is -2.47. The van der Waals surface area contributed by atoms with E-state index in [1.165, 1.54) is 13.0 Å². The average molecular weight is 208 g/mol. The smallest absolute Gasteiger partial charge is 0.0865 e. The van der Waals surface area contributed by atoms with Crippen LogP contribution in [0.5, 0.6) is 0 Å². The van der Waals surface area contributed by atoms with Gasteiger partial charge < -0.3 is 9.64 Å². The van der Waals surface area contributed by atoms with Crippen LogP contribution in [0.15, 0.2) is 0 Å². The number of hydrogen-bond acceptors (Lipinski definition) is 3. The van der Waals surface area contributed by atoms with Crippen LogP contribution in [0.3, 0.4) is 0 Å². The number of nitrogens with zero attached hydrogens (tertiary/aromatic N) is 2. The van der Waals surface area contributed by atoms with Gasteiger partial charge in [0.05, 0.1) is 17.6 Å². The van der Waals surface area contributed by atoms with Gasteiger partial charge in [-0.05, 0) is 32.2 Å². The maximum absolute atomic E-state index is 9.11. The van der Waals surface area contributed by atoms with Crippen molar-refractivity contribution in [3.05, 3.63) is 0 Å².